The van der Waals surface area contributed by atoms with Crippen molar-refractivity contribution in [1.82, 2.24) is 5.32 Å². The van der Waals surface area contributed by atoms with Gasteiger partial charge in [0.25, 0.3) is 0 Å². The van der Waals surface area contributed by atoms with Crippen LogP contribution >= 0.6 is 46.4 Å². The Hall–Kier alpha value is -1.21. The zero-order valence-corrected chi connectivity index (χ0v) is 24.2. The molecule has 204 valence electrons. The van der Waals surface area contributed by atoms with Gasteiger partial charge in [-0.15, -0.1) is 11.6 Å². The highest BCUT2D eigenvalue weighted by molar-refractivity contribution is 6.68. The molecule has 4 aliphatic rings. The van der Waals surface area contributed by atoms with Crippen LogP contribution in [0.5, 0.6) is 0 Å². The molecule has 0 aromatic rings. The topological polar surface area (TPSA) is 81.7 Å². The second-order valence-electron chi connectivity index (χ2n) is 11.0. The van der Waals surface area contributed by atoms with E-state index in [1.54, 1.807) is 0 Å². The van der Waals surface area contributed by atoms with Gasteiger partial charge in [-0.05, 0) is 50.4 Å². The molecule has 1 saturated carbocycles. The number of esters is 2. The van der Waals surface area contributed by atoms with Crippen molar-refractivity contribution < 1.29 is 23.9 Å². The fourth-order valence-electron chi connectivity index (χ4n) is 5.94. The van der Waals surface area contributed by atoms with Gasteiger partial charge in [-0.3, -0.25) is 9.59 Å². The van der Waals surface area contributed by atoms with Gasteiger partial charge in [-0.2, -0.15) is 0 Å². The van der Waals surface area contributed by atoms with Crippen LogP contribution in [0.4, 0.5) is 0 Å². The number of halogens is 4. The maximum Gasteiger partial charge on any atom is 0.330 e. The van der Waals surface area contributed by atoms with E-state index in [0.717, 1.165) is 11.1 Å². The molecule has 0 aromatic heterocycles. The van der Waals surface area contributed by atoms with Crippen LogP contribution in [-0.4, -0.2) is 45.8 Å². The van der Waals surface area contributed by atoms with Crippen LogP contribution < -0.4 is 5.32 Å². The summed E-state index contributed by atoms with van der Waals surface area (Å²) < 4.78 is 9.48. The third-order valence-electron chi connectivity index (χ3n) is 8.19. The average Bonchev–Trinajstić information content (AvgIpc) is 3.45. The lowest BCUT2D eigenvalue weighted by molar-refractivity contribution is -0.156. The monoisotopic (exact) mass is 591 g/mol. The van der Waals surface area contributed by atoms with Crippen molar-refractivity contribution in [3.63, 3.8) is 0 Å². The molecule has 10 heteroatoms. The first-order valence-electron chi connectivity index (χ1n) is 12.8. The summed E-state index contributed by atoms with van der Waals surface area (Å²) in [5, 5.41) is 2.79. The van der Waals surface area contributed by atoms with E-state index in [0.29, 0.717) is 32.2 Å². The van der Waals surface area contributed by atoms with E-state index < -0.39 is 33.4 Å². The second kappa shape index (κ2) is 11.1. The van der Waals surface area contributed by atoms with Gasteiger partial charge in [0.1, 0.15) is 12.2 Å². The van der Waals surface area contributed by atoms with Crippen molar-refractivity contribution in [3.8, 4) is 0 Å². The average molecular weight is 593 g/mol. The minimum atomic E-state index is -1.80. The number of hydrogen-bond donors (Lipinski definition) is 1. The molecular formula is C27H33Cl4NO5. The number of alkyl halides is 4. The van der Waals surface area contributed by atoms with E-state index in [1.165, 1.54) is 6.08 Å². The number of rotatable bonds is 1. The summed E-state index contributed by atoms with van der Waals surface area (Å²) in [6, 6.07) is 0. The summed E-state index contributed by atoms with van der Waals surface area (Å²) in [5.41, 5.74) is 1.46. The van der Waals surface area contributed by atoms with Gasteiger partial charge in [0.2, 0.25) is 9.70 Å². The Morgan fingerprint density at radius 3 is 2.49 bits per heavy atom. The molecule has 2 fully saturated rings. The number of nitrogens with one attached hydrogen (secondary N) is 1. The predicted octanol–water partition coefficient (Wildman–Crippen LogP) is 5.83. The van der Waals surface area contributed by atoms with E-state index in [-0.39, 0.29) is 41.4 Å². The van der Waals surface area contributed by atoms with E-state index in [9.17, 15) is 14.4 Å². The standard InChI is InChI=1S/C27H33Cl4NO5/c1-14-4-8-22(27(29,30)31)37-24(34)12-21(17-11-20(17)28)36-23(33)9-7-18-16(15(2)10-14)5-6-19-25(35)32-13-26(18,19)3/h6-7,9-10,14,16-18,20-22H,4-5,8,11-13H2,1-3H3,(H,32,35)/b9-7+,15-10+/t14-,16-,17?,18-,20-,21+,22-,26-/m1/s1. The van der Waals surface area contributed by atoms with E-state index in [4.69, 9.17) is 55.9 Å². The van der Waals surface area contributed by atoms with Crippen LogP contribution in [0.3, 0.4) is 0 Å². The van der Waals surface area contributed by atoms with E-state index in [2.05, 4.69) is 32.2 Å². The number of ether oxygens (including phenoxy) is 2. The molecule has 1 saturated heterocycles. The summed E-state index contributed by atoms with van der Waals surface area (Å²) in [7, 11) is 0. The van der Waals surface area contributed by atoms with E-state index >= 15 is 0 Å². The molecule has 2 aliphatic carbocycles. The highest BCUT2D eigenvalue weighted by Crippen LogP contribution is 2.50. The summed E-state index contributed by atoms with van der Waals surface area (Å²) in [5.74, 6) is -1.27. The fraction of sp³-hybridized carbons (Fsp3) is 0.667. The van der Waals surface area contributed by atoms with Gasteiger partial charge in [0, 0.05) is 34.9 Å². The number of amides is 1. The molecule has 2 heterocycles. The highest BCUT2D eigenvalue weighted by Gasteiger charge is 2.50. The third-order valence-corrected chi connectivity index (χ3v) is 9.42. The second-order valence-corrected chi connectivity index (χ2v) is 14.0. The Balaban J connectivity index is 1.68. The first-order chi connectivity index (χ1) is 17.3. The zero-order valence-electron chi connectivity index (χ0n) is 21.1. The van der Waals surface area contributed by atoms with Crippen LogP contribution in [0.1, 0.15) is 52.9 Å². The first-order valence-corrected chi connectivity index (χ1v) is 14.3. The lowest BCUT2D eigenvalue weighted by atomic mass is 9.61. The molecule has 1 N–H and O–H groups in total. The summed E-state index contributed by atoms with van der Waals surface area (Å²) >= 11 is 24.7. The molecule has 37 heavy (non-hydrogen) atoms. The van der Waals surface area contributed by atoms with Gasteiger partial charge < -0.3 is 14.8 Å². The van der Waals surface area contributed by atoms with Crippen LogP contribution in [-0.2, 0) is 23.9 Å². The molecule has 1 unspecified atom stereocenters. The largest absolute Gasteiger partial charge is 0.458 e. The van der Waals surface area contributed by atoms with Crippen molar-refractivity contribution in [2.45, 2.75) is 74.3 Å². The zero-order chi connectivity index (χ0) is 27.1. The van der Waals surface area contributed by atoms with Crippen molar-refractivity contribution in [2.75, 3.05) is 6.54 Å². The van der Waals surface area contributed by atoms with Crippen molar-refractivity contribution in [3.05, 3.63) is 35.5 Å². The fourth-order valence-corrected chi connectivity index (χ4v) is 6.76. The van der Waals surface area contributed by atoms with Crippen molar-refractivity contribution in [2.24, 2.45) is 29.1 Å². The number of cyclic esters (lactones) is 2. The Labute approximate surface area is 238 Å². The molecular weight excluding hydrogens is 560 g/mol. The molecule has 0 aromatic carbocycles. The first kappa shape index (κ1) is 28.8. The molecule has 0 spiro atoms. The molecule has 0 radical (unpaired) electrons. The van der Waals surface area contributed by atoms with Crippen LogP contribution in [0.25, 0.3) is 0 Å². The lowest BCUT2D eigenvalue weighted by Gasteiger charge is -2.41. The number of allylic oxidation sites excluding steroid dienone is 4. The minimum absolute atomic E-state index is 0.0581. The normalized spacial score (nSPS) is 41.7. The third kappa shape index (κ3) is 6.51. The minimum Gasteiger partial charge on any atom is -0.458 e. The SMILES string of the molecule is C/C1=C\[C@H](C)CC[C@H](C(Cl)(Cl)Cl)OC(=O)C[C@@H](C2C[C@H]2Cl)OC(=O)/C=C/[C@@H]2[C@@H]1CC=C1C(=O)NC[C@@]12C. The van der Waals surface area contributed by atoms with E-state index in [1.807, 2.05) is 12.2 Å². The van der Waals surface area contributed by atoms with Crippen LogP contribution in [0.15, 0.2) is 35.5 Å². The van der Waals surface area contributed by atoms with Gasteiger partial charge in [0.05, 0.1) is 6.42 Å². The maximum absolute atomic E-state index is 12.9. The summed E-state index contributed by atoms with van der Waals surface area (Å²) in [6.07, 6.45) is 7.96. The van der Waals surface area contributed by atoms with Gasteiger partial charge in [0.15, 0.2) is 0 Å². The molecule has 4 rings (SSSR count). The van der Waals surface area contributed by atoms with Crippen molar-refractivity contribution >= 4 is 64.2 Å². The quantitative estimate of drug-likeness (QED) is 0.235. The molecule has 1 amide bonds. The molecule has 6 nitrogen and oxygen atoms in total. The Morgan fingerprint density at radius 1 is 1.14 bits per heavy atom. The smallest absolute Gasteiger partial charge is 0.330 e. The molecule has 8 atom stereocenters. The summed E-state index contributed by atoms with van der Waals surface area (Å²) in [4.78, 5) is 38.3. The lowest BCUT2D eigenvalue weighted by Crippen LogP contribution is -2.38. The van der Waals surface area contributed by atoms with Gasteiger partial charge in [-0.25, -0.2) is 4.79 Å². The highest BCUT2D eigenvalue weighted by atomic mass is 35.6. The van der Waals surface area contributed by atoms with Crippen molar-refractivity contribution in [1.29, 1.82) is 0 Å². The number of carbonyl (C=O) groups excluding carboxylic acids is 3. The predicted molar refractivity (Wildman–Crippen MR) is 145 cm³/mol. The Morgan fingerprint density at radius 2 is 1.84 bits per heavy atom. The van der Waals surface area contributed by atoms with Gasteiger partial charge in [-0.1, -0.05) is 72.5 Å². The maximum atomic E-state index is 12.9. The van der Waals surface area contributed by atoms with Gasteiger partial charge >= 0.3 is 11.9 Å². The Kier molecular flexibility index (Phi) is 8.65. The summed E-state index contributed by atoms with van der Waals surface area (Å²) in [6.45, 7) is 6.70. The van der Waals surface area contributed by atoms with Crippen LogP contribution in [0.2, 0.25) is 0 Å². The number of carbonyl (C=O) groups is 3. The number of hydrogen-bond acceptors (Lipinski definition) is 5. The number of fused-ring (bicyclic) bond motifs is 3. The molecule has 2 aliphatic heterocycles. The Bertz CT molecular complexity index is 1030. The van der Waals surface area contributed by atoms with Crippen LogP contribution in [0, 0.1) is 29.1 Å². The molecule has 0 bridgehead atoms.